The monoisotopic (exact) mass is 436 g/mol. The second-order valence-electron chi connectivity index (χ2n) is 9.54. The minimum atomic E-state index is -0.673. The molecule has 0 aliphatic carbocycles. The molecule has 31 heavy (non-hydrogen) atoms. The van der Waals surface area contributed by atoms with Crippen molar-refractivity contribution in [2.75, 3.05) is 26.9 Å². The number of methoxy groups -OCH3 is 1. The maximum Gasteiger partial charge on any atom is 0.355 e. The summed E-state index contributed by atoms with van der Waals surface area (Å²) in [4.78, 5) is 43.3. The number of ketones is 1. The summed E-state index contributed by atoms with van der Waals surface area (Å²) in [6, 6.07) is -0.673. The van der Waals surface area contributed by atoms with Crippen LogP contribution in [0.5, 0.6) is 0 Å². The molecule has 176 valence electrons. The molecule has 1 rings (SSSR count). The van der Waals surface area contributed by atoms with E-state index in [2.05, 4.69) is 32.7 Å². The van der Waals surface area contributed by atoms with E-state index in [1.54, 1.807) is 39.7 Å². The molecule has 1 aromatic rings. The van der Waals surface area contributed by atoms with Gasteiger partial charge in [-0.05, 0) is 51.0 Å². The summed E-state index contributed by atoms with van der Waals surface area (Å²) in [5.41, 5.74) is 1.99. The van der Waals surface area contributed by atoms with Crippen molar-refractivity contribution in [2.24, 2.45) is 11.3 Å². The fourth-order valence-electron chi connectivity index (χ4n) is 4.13. The highest BCUT2D eigenvalue weighted by Crippen LogP contribution is 2.27. The van der Waals surface area contributed by atoms with Crippen molar-refractivity contribution in [1.82, 2.24) is 9.88 Å². The molecule has 1 heterocycles. The van der Waals surface area contributed by atoms with Crippen molar-refractivity contribution in [1.29, 1.82) is 0 Å². The van der Waals surface area contributed by atoms with Crippen LogP contribution in [0, 0.1) is 25.2 Å². The zero-order valence-electron chi connectivity index (χ0n) is 20.7. The number of hydrogen-bond acceptors (Lipinski definition) is 5. The molecule has 0 saturated heterocycles. The number of hydrogen-bond donors (Lipinski definition) is 1. The van der Waals surface area contributed by atoms with Gasteiger partial charge in [0.25, 0.3) is 0 Å². The van der Waals surface area contributed by atoms with Crippen LogP contribution >= 0.6 is 0 Å². The third-order valence-electron chi connectivity index (χ3n) is 5.35. The van der Waals surface area contributed by atoms with Crippen molar-refractivity contribution < 1.29 is 23.9 Å². The normalized spacial score (nSPS) is 13.6. The third-order valence-corrected chi connectivity index (χ3v) is 5.35. The van der Waals surface area contributed by atoms with Gasteiger partial charge in [-0.3, -0.25) is 9.59 Å². The van der Waals surface area contributed by atoms with Crippen LogP contribution in [0.2, 0.25) is 0 Å². The number of aryl methyl sites for hydroxylation is 1. The molecule has 0 radical (unpaired) electrons. The molecule has 7 heteroatoms. The molecule has 0 aliphatic rings. The van der Waals surface area contributed by atoms with Gasteiger partial charge in [-0.1, -0.05) is 27.7 Å². The minimum Gasteiger partial charge on any atom is -0.461 e. The molecule has 0 spiro atoms. The lowest BCUT2D eigenvalue weighted by molar-refractivity contribution is -0.134. The number of nitrogens with one attached hydrogen (secondary N) is 1. The van der Waals surface area contributed by atoms with E-state index in [-0.39, 0.29) is 35.3 Å². The molecule has 7 nitrogen and oxygen atoms in total. The average molecular weight is 437 g/mol. The lowest BCUT2D eigenvalue weighted by atomic mass is 9.84. The number of rotatable bonds is 11. The Hall–Kier alpha value is -2.15. The molecule has 1 amide bonds. The summed E-state index contributed by atoms with van der Waals surface area (Å²) in [6.45, 7) is 16.4. The molecule has 2 unspecified atom stereocenters. The van der Waals surface area contributed by atoms with Crippen LogP contribution < -0.4 is 0 Å². The molecule has 2 atom stereocenters. The highest BCUT2D eigenvalue weighted by Gasteiger charge is 2.32. The smallest absolute Gasteiger partial charge is 0.355 e. The first-order valence-corrected chi connectivity index (χ1v) is 11.0. The first-order chi connectivity index (χ1) is 14.3. The number of Topliss-reactive ketones (excluding diaryl/α,β-unsaturated/α-hetero) is 1. The van der Waals surface area contributed by atoms with Gasteiger partial charge in [-0.25, -0.2) is 4.79 Å². The van der Waals surface area contributed by atoms with E-state index in [1.165, 1.54) is 0 Å². The second kappa shape index (κ2) is 11.5. The van der Waals surface area contributed by atoms with E-state index < -0.39 is 12.0 Å². The summed E-state index contributed by atoms with van der Waals surface area (Å²) in [5.74, 6) is -0.551. The van der Waals surface area contributed by atoms with E-state index in [0.717, 1.165) is 6.42 Å². The SMILES string of the molecule is CCOC(=O)c1[nH]c(C)c(C(=O)C(C)N(CCOC)C(=O)CC(C)CC(C)(C)C)c1C. The van der Waals surface area contributed by atoms with Crippen molar-refractivity contribution in [3.8, 4) is 0 Å². The Balaban J connectivity index is 3.13. The third kappa shape index (κ3) is 7.49. The van der Waals surface area contributed by atoms with Crippen molar-refractivity contribution in [3.05, 3.63) is 22.5 Å². The van der Waals surface area contributed by atoms with Gasteiger partial charge in [-0.15, -0.1) is 0 Å². The van der Waals surface area contributed by atoms with E-state index in [0.29, 0.717) is 36.4 Å². The Bertz CT molecular complexity index is 776. The van der Waals surface area contributed by atoms with Gasteiger partial charge in [0.15, 0.2) is 5.78 Å². The van der Waals surface area contributed by atoms with Crippen LogP contribution in [0.15, 0.2) is 0 Å². The van der Waals surface area contributed by atoms with Gasteiger partial charge in [0.1, 0.15) is 5.69 Å². The van der Waals surface area contributed by atoms with Gasteiger partial charge in [0.05, 0.1) is 19.3 Å². The summed E-state index contributed by atoms with van der Waals surface area (Å²) in [5, 5.41) is 0. The Morgan fingerprint density at radius 2 is 1.74 bits per heavy atom. The first kappa shape index (κ1) is 26.9. The largest absolute Gasteiger partial charge is 0.461 e. The van der Waals surface area contributed by atoms with Gasteiger partial charge in [0, 0.05) is 31.3 Å². The average Bonchev–Trinajstić information content (AvgIpc) is 2.94. The lowest BCUT2D eigenvalue weighted by Crippen LogP contribution is -2.45. The van der Waals surface area contributed by atoms with Crippen LogP contribution in [-0.4, -0.2) is 60.5 Å². The summed E-state index contributed by atoms with van der Waals surface area (Å²) in [6.07, 6.45) is 1.29. The standard InChI is InChI=1S/C24H40N2O5/c1-10-31-23(29)21-16(3)20(17(4)25-21)22(28)18(5)26(11-12-30-9)19(27)13-15(2)14-24(6,7)8/h15,18,25H,10-14H2,1-9H3. The molecular formula is C24H40N2O5. The van der Waals surface area contributed by atoms with Crippen LogP contribution in [-0.2, 0) is 14.3 Å². The van der Waals surface area contributed by atoms with Gasteiger partial charge < -0.3 is 19.4 Å². The Kier molecular flexibility index (Phi) is 9.94. The fraction of sp³-hybridized carbons (Fsp3) is 0.708. The Morgan fingerprint density at radius 1 is 1.13 bits per heavy atom. The number of nitrogens with zero attached hydrogens (tertiary/aromatic N) is 1. The number of aromatic nitrogens is 1. The van der Waals surface area contributed by atoms with E-state index >= 15 is 0 Å². The van der Waals surface area contributed by atoms with E-state index in [4.69, 9.17) is 9.47 Å². The van der Waals surface area contributed by atoms with Crippen molar-refractivity contribution in [2.45, 2.75) is 74.3 Å². The highest BCUT2D eigenvalue weighted by atomic mass is 16.5. The minimum absolute atomic E-state index is 0.0638. The van der Waals surface area contributed by atoms with Crippen molar-refractivity contribution in [3.63, 3.8) is 0 Å². The maximum atomic E-state index is 13.4. The number of aromatic amines is 1. The van der Waals surface area contributed by atoms with E-state index in [9.17, 15) is 14.4 Å². The number of carbonyl (C=O) groups is 3. The first-order valence-electron chi connectivity index (χ1n) is 11.0. The zero-order valence-corrected chi connectivity index (χ0v) is 20.7. The van der Waals surface area contributed by atoms with Gasteiger partial charge in [-0.2, -0.15) is 0 Å². The maximum absolute atomic E-state index is 13.4. The summed E-state index contributed by atoms with van der Waals surface area (Å²) < 4.78 is 10.3. The molecule has 1 N–H and O–H groups in total. The number of amides is 1. The fourth-order valence-corrected chi connectivity index (χ4v) is 4.13. The summed E-state index contributed by atoms with van der Waals surface area (Å²) in [7, 11) is 1.57. The molecule has 0 fully saturated rings. The molecule has 1 aromatic heterocycles. The molecule has 0 bridgehead atoms. The molecule has 0 saturated carbocycles. The lowest BCUT2D eigenvalue weighted by Gasteiger charge is -2.30. The summed E-state index contributed by atoms with van der Waals surface area (Å²) >= 11 is 0. The second-order valence-corrected chi connectivity index (χ2v) is 9.54. The predicted molar refractivity (Wildman–Crippen MR) is 121 cm³/mol. The Morgan fingerprint density at radius 3 is 2.26 bits per heavy atom. The quantitative estimate of drug-likeness (QED) is 0.412. The van der Waals surface area contributed by atoms with Crippen LogP contribution in [0.25, 0.3) is 0 Å². The van der Waals surface area contributed by atoms with Gasteiger partial charge in [0.2, 0.25) is 5.91 Å². The molecular weight excluding hydrogens is 396 g/mol. The van der Waals surface area contributed by atoms with E-state index in [1.807, 2.05) is 0 Å². The number of carbonyl (C=O) groups excluding carboxylic acids is 3. The van der Waals surface area contributed by atoms with Crippen molar-refractivity contribution >= 4 is 17.7 Å². The van der Waals surface area contributed by atoms with Crippen LogP contribution in [0.3, 0.4) is 0 Å². The molecule has 0 aliphatic heterocycles. The zero-order chi connectivity index (χ0) is 23.9. The topological polar surface area (TPSA) is 88.7 Å². The predicted octanol–water partition coefficient (Wildman–Crippen LogP) is 4.32. The van der Waals surface area contributed by atoms with Crippen LogP contribution in [0.1, 0.15) is 86.5 Å². The van der Waals surface area contributed by atoms with Gasteiger partial charge >= 0.3 is 5.97 Å². The highest BCUT2D eigenvalue weighted by molar-refractivity contribution is 6.06. The number of ether oxygens (including phenoxy) is 2. The molecule has 0 aromatic carbocycles. The number of esters is 1. The van der Waals surface area contributed by atoms with Crippen LogP contribution in [0.4, 0.5) is 0 Å². The Labute approximate surface area is 186 Å². The number of H-pyrrole nitrogens is 1.